The lowest BCUT2D eigenvalue weighted by Gasteiger charge is -2.31. The Bertz CT molecular complexity index is 510. The number of guanidine groups is 1. The molecule has 1 aromatic carbocycles. The van der Waals surface area contributed by atoms with Crippen molar-refractivity contribution in [2.24, 2.45) is 4.99 Å². The molecule has 148 valence electrons. The maximum absolute atomic E-state index is 5.90. The fourth-order valence-electron chi connectivity index (χ4n) is 2.71. The Kier molecular flexibility index (Phi) is 11.6. The van der Waals surface area contributed by atoms with Gasteiger partial charge in [0.1, 0.15) is 11.9 Å². The summed E-state index contributed by atoms with van der Waals surface area (Å²) in [7, 11) is 0. The predicted octanol–water partition coefficient (Wildman–Crippen LogP) is 2.35. The lowest BCUT2D eigenvalue weighted by atomic mass is 10.2. The monoisotopic (exact) mass is 476 g/mol. The van der Waals surface area contributed by atoms with Gasteiger partial charge in [-0.25, -0.2) is 0 Å². The van der Waals surface area contributed by atoms with Crippen LogP contribution in [0.4, 0.5) is 0 Å². The summed E-state index contributed by atoms with van der Waals surface area (Å²) in [5.74, 6) is 1.73. The Morgan fingerprint density at radius 1 is 1.19 bits per heavy atom. The summed E-state index contributed by atoms with van der Waals surface area (Å²) in [5, 5.41) is 6.67. The average Bonchev–Trinajstić information content (AvgIpc) is 2.65. The van der Waals surface area contributed by atoms with Crippen molar-refractivity contribution in [1.82, 2.24) is 15.5 Å². The molecule has 7 heteroatoms. The number of hydrogen-bond acceptors (Lipinski definition) is 4. The minimum absolute atomic E-state index is 0. The lowest BCUT2D eigenvalue weighted by molar-refractivity contribution is 0.0220. The Hall–Kier alpha value is -1.06. The van der Waals surface area contributed by atoms with Gasteiger partial charge in [0.25, 0.3) is 0 Å². The van der Waals surface area contributed by atoms with Crippen LogP contribution in [0.25, 0.3) is 0 Å². The van der Waals surface area contributed by atoms with Crippen LogP contribution in [0.5, 0.6) is 5.75 Å². The summed E-state index contributed by atoms with van der Waals surface area (Å²) in [4.78, 5) is 7.15. The van der Waals surface area contributed by atoms with Gasteiger partial charge in [-0.15, -0.1) is 24.0 Å². The molecule has 1 aliphatic rings. The third-order valence-corrected chi connectivity index (χ3v) is 4.16. The highest BCUT2D eigenvalue weighted by atomic mass is 127. The van der Waals surface area contributed by atoms with E-state index in [4.69, 9.17) is 14.5 Å². The van der Waals surface area contributed by atoms with Crippen molar-refractivity contribution in [2.45, 2.75) is 32.9 Å². The zero-order chi connectivity index (χ0) is 17.9. The highest BCUT2D eigenvalue weighted by molar-refractivity contribution is 14.0. The van der Waals surface area contributed by atoms with E-state index in [0.29, 0.717) is 12.6 Å². The first-order chi connectivity index (χ1) is 12.2. The Labute approximate surface area is 174 Å². The van der Waals surface area contributed by atoms with E-state index in [1.165, 1.54) is 0 Å². The molecule has 0 aliphatic carbocycles. The molecular weight excluding hydrogens is 443 g/mol. The minimum atomic E-state index is 0. The van der Waals surface area contributed by atoms with Crippen LogP contribution in [0.1, 0.15) is 20.8 Å². The van der Waals surface area contributed by atoms with Gasteiger partial charge in [-0.3, -0.25) is 9.89 Å². The zero-order valence-corrected chi connectivity index (χ0v) is 18.4. The second-order valence-electron chi connectivity index (χ2n) is 6.34. The molecule has 1 heterocycles. The van der Waals surface area contributed by atoms with Gasteiger partial charge in [0.05, 0.1) is 26.3 Å². The Morgan fingerprint density at radius 2 is 1.88 bits per heavy atom. The third-order valence-electron chi connectivity index (χ3n) is 4.16. The molecule has 0 spiro atoms. The van der Waals surface area contributed by atoms with Crippen LogP contribution < -0.4 is 15.4 Å². The highest BCUT2D eigenvalue weighted by Gasteiger charge is 2.16. The van der Waals surface area contributed by atoms with Gasteiger partial charge in [-0.1, -0.05) is 18.2 Å². The van der Waals surface area contributed by atoms with E-state index in [9.17, 15) is 0 Å². The molecule has 1 saturated heterocycles. The molecule has 2 N–H and O–H groups in total. The number of para-hydroxylation sites is 1. The quantitative estimate of drug-likeness (QED) is 0.343. The molecule has 0 amide bonds. The fraction of sp³-hybridized carbons (Fsp3) is 0.632. The van der Waals surface area contributed by atoms with E-state index in [1.807, 2.05) is 30.3 Å². The number of nitrogens with one attached hydrogen (secondary N) is 2. The molecule has 0 saturated carbocycles. The number of halogens is 1. The van der Waals surface area contributed by atoms with E-state index in [1.54, 1.807) is 0 Å². The zero-order valence-electron chi connectivity index (χ0n) is 16.1. The van der Waals surface area contributed by atoms with E-state index < -0.39 is 0 Å². The number of morpholine rings is 1. The second-order valence-corrected chi connectivity index (χ2v) is 6.34. The normalized spacial score (nSPS) is 17.7. The number of ether oxygens (including phenoxy) is 2. The average molecular weight is 476 g/mol. The van der Waals surface area contributed by atoms with E-state index in [-0.39, 0.29) is 30.1 Å². The molecule has 0 bridgehead atoms. The number of aliphatic imine (C=N–C) groups is 1. The van der Waals surface area contributed by atoms with Crippen molar-refractivity contribution in [2.75, 3.05) is 45.9 Å². The summed E-state index contributed by atoms with van der Waals surface area (Å²) in [5.41, 5.74) is 0. The van der Waals surface area contributed by atoms with Gasteiger partial charge >= 0.3 is 0 Å². The Morgan fingerprint density at radius 3 is 2.54 bits per heavy atom. The highest BCUT2D eigenvalue weighted by Crippen LogP contribution is 2.10. The third kappa shape index (κ3) is 8.55. The van der Waals surface area contributed by atoms with Crippen molar-refractivity contribution in [3.05, 3.63) is 30.3 Å². The number of hydrogen-bond donors (Lipinski definition) is 2. The van der Waals surface area contributed by atoms with Crippen LogP contribution in [0.2, 0.25) is 0 Å². The van der Waals surface area contributed by atoms with Crippen LogP contribution in [-0.2, 0) is 4.74 Å². The molecular formula is C19H33IN4O2. The van der Waals surface area contributed by atoms with Crippen LogP contribution >= 0.6 is 24.0 Å². The summed E-state index contributed by atoms with van der Waals surface area (Å²) >= 11 is 0. The first-order valence-electron chi connectivity index (χ1n) is 9.24. The smallest absolute Gasteiger partial charge is 0.191 e. The predicted molar refractivity (Wildman–Crippen MR) is 118 cm³/mol. The molecule has 2 rings (SSSR count). The summed E-state index contributed by atoms with van der Waals surface area (Å²) in [6, 6.07) is 10.3. The van der Waals surface area contributed by atoms with Gasteiger partial charge < -0.3 is 20.1 Å². The molecule has 0 radical (unpaired) electrons. The Balaban J connectivity index is 0.00000338. The van der Waals surface area contributed by atoms with E-state index in [0.717, 1.165) is 51.1 Å². The van der Waals surface area contributed by atoms with Crippen LogP contribution in [0, 0.1) is 0 Å². The minimum Gasteiger partial charge on any atom is -0.489 e. The molecule has 6 nitrogen and oxygen atoms in total. The maximum Gasteiger partial charge on any atom is 0.191 e. The summed E-state index contributed by atoms with van der Waals surface area (Å²) in [6.07, 6.45) is 0.0583. The fourth-order valence-corrected chi connectivity index (χ4v) is 2.71. The van der Waals surface area contributed by atoms with E-state index in [2.05, 4.69) is 36.3 Å². The molecule has 1 aromatic rings. The van der Waals surface area contributed by atoms with Crippen molar-refractivity contribution in [3.63, 3.8) is 0 Å². The lowest BCUT2D eigenvalue weighted by Crippen LogP contribution is -2.45. The largest absolute Gasteiger partial charge is 0.489 e. The van der Waals surface area contributed by atoms with Crippen molar-refractivity contribution in [3.8, 4) is 5.75 Å². The van der Waals surface area contributed by atoms with Crippen LogP contribution in [-0.4, -0.2) is 68.9 Å². The van der Waals surface area contributed by atoms with Crippen molar-refractivity contribution < 1.29 is 9.47 Å². The van der Waals surface area contributed by atoms with Crippen LogP contribution in [0.15, 0.2) is 35.3 Å². The van der Waals surface area contributed by atoms with Gasteiger partial charge in [0.2, 0.25) is 0 Å². The summed E-state index contributed by atoms with van der Waals surface area (Å²) < 4.78 is 11.3. The van der Waals surface area contributed by atoms with Gasteiger partial charge in [-0.05, 0) is 32.9 Å². The molecule has 1 fully saturated rings. The van der Waals surface area contributed by atoms with Crippen molar-refractivity contribution in [1.29, 1.82) is 0 Å². The molecule has 2 unspecified atom stereocenters. The number of benzene rings is 1. The van der Waals surface area contributed by atoms with Gasteiger partial charge in [0, 0.05) is 25.7 Å². The molecule has 1 aliphatic heterocycles. The number of nitrogens with zero attached hydrogens (tertiary/aromatic N) is 2. The number of rotatable bonds is 8. The van der Waals surface area contributed by atoms with E-state index >= 15 is 0 Å². The maximum atomic E-state index is 5.90. The standard InChI is InChI=1S/C19H32N4O2.HI/c1-4-20-19(21-14-16(2)23-10-12-24-13-11-23)22-15-17(3)25-18-8-6-5-7-9-18;/h5-9,16-17H,4,10-15H2,1-3H3,(H2,20,21,22);1H. The molecule has 2 atom stereocenters. The topological polar surface area (TPSA) is 58.1 Å². The summed E-state index contributed by atoms with van der Waals surface area (Å²) in [6.45, 7) is 12.3. The SMILES string of the molecule is CCNC(=NCC(C)N1CCOCC1)NCC(C)Oc1ccccc1.I. The first-order valence-corrected chi connectivity index (χ1v) is 9.24. The second kappa shape index (κ2) is 13.2. The molecule has 26 heavy (non-hydrogen) atoms. The van der Waals surface area contributed by atoms with Crippen molar-refractivity contribution >= 4 is 29.9 Å². The van der Waals surface area contributed by atoms with Crippen LogP contribution in [0.3, 0.4) is 0 Å². The molecule has 0 aromatic heterocycles. The van der Waals surface area contributed by atoms with Gasteiger partial charge in [0.15, 0.2) is 5.96 Å². The first kappa shape index (κ1) is 23.0. The van der Waals surface area contributed by atoms with Gasteiger partial charge in [-0.2, -0.15) is 0 Å².